The van der Waals surface area contributed by atoms with Gasteiger partial charge >= 0.3 is 6.18 Å². The van der Waals surface area contributed by atoms with E-state index >= 15 is 0 Å². The molecule has 182 valence electrons. The summed E-state index contributed by atoms with van der Waals surface area (Å²) in [6.45, 7) is 1.92. The molecule has 1 aromatic rings. The molecule has 0 bridgehead atoms. The van der Waals surface area contributed by atoms with Gasteiger partial charge in [-0.3, -0.25) is 14.4 Å². The average Bonchev–Trinajstić information content (AvgIpc) is 3.40. The predicted molar refractivity (Wildman–Crippen MR) is 112 cm³/mol. The van der Waals surface area contributed by atoms with E-state index in [0.717, 1.165) is 12.1 Å². The van der Waals surface area contributed by atoms with Gasteiger partial charge in [0.15, 0.2) is 0 Å². The summed E-state index contributed by atoms with van der Waals surface area (Å²) >= 11 is 0. The van der Waals surface area contributed by atoms with E-state index in [2.05, 4.69) is 0 Å². The van der Waals surface area contributed by atoms with Crippen LogP contribution in [0.1, 0.15) is 43.7 Å². The number of hydrogen-bond acceptors (Lipinski definition) is 5. The summed E-state index contributed by atoms with van der Waals surface area (Å²) in [5.74, 6) is -1.74. The van der Waals surface area contributed by atoms with Crippen LogP contribution >= 0.6 is 0 Å². The Morgan fingerprint density at radius 3 is 2.36 bits per heavy atom. The number of nitrogens with two attached hydrogens (primary N) is 2. The summed E-state index contributed by atoms with van der Waals surface area (Å²) in [4.78, 5) is 41.5. The minimum Gasteiger partial charge on any atom is -0.391 e. The molecule has 3 rings (SSSR count). The van der Waals surface area contributed by atoms with Gasteiger partial charge in [0.05, 0.1) is 11.7 Å². The molecule has 5 N–H and O–H groups in total. The SMILES string of the molecule is C[C@@H](O)[C@H](N)C(=O)N1CCC[C@H]1C(=O)N1CCC[C@]1(Cc1ccc(C(F)(F)F)cc1)C(N)=O. The first-order valence-electron chi connectivity index (χ1n) is 10.9. The van der Waals surface area contributed by atoms with Crippen LogP contribution in [0.3, 0.4) is 0 Å². The Morgan fingerprint density at radius 1 is 1.18 bits per heavy atom. The first-order chi connectivity index (χ1) is 15.4. The molecule has 33 heavy (non-hydrogen) atoms. The van der Waals surface area contributed by atoms with Gasteiger partial charge in [0.1, 0.15) is 17.6 Å². The second kappa shape index (κ2) is 9.30. The van der Waals surface area contributed by atoms with Gasteiger partial charge in [-0.15, -0.1) is 0 Å². The largest absolute Gasteiger partial charge is 0.416 e. The minimum atomic E-state index is -4.49. The van der Waals surface area contributed by atoms with Gasteiger partial charge in [-0.05, 0) is 50.3 Å². The second-order valence-electron chi connectivity index (χ2n) is 8.82. The van der Waals surface area contributed by atoms with E-state index in [1.54, 1.807) is 0 Å². The first kappa shape index (κ1) is 25.0. The Hall–Kier alpha value is -2.66. The maximum Gasteiger partial charge on any atom is 0.416 e. The number of aliphatic hydroxyl groups excluding tert-OH is 1. The van der Waals surface area contributed by atoms with Crippen molar-refractivity contribution < 1.29 is 32.7 Å². The van der Waals surface area contributed by atoms with Gasteiger partial charge in [0, 0.05) is 19.5 Å². The number of carbonyl (C=O) groups is 3. The molecule has 2 aliphatic rings. The van der Waals surface area contributed by atoms with E-state index in [1.807, 2.05) is 0 Å². The van der Waals surface area contributed by atoms with Crippen molar-refractivity contribution in [3.8, 4) is 0 Å². The van der Waals surface area contributed by atoms with Crippen molar-refractivity contribution >= 4 is 17.7 Å². The summed E-state index contributed by atoms with van der Waals surface area (Å²) in [5, 5.41) is 9.68. The summed E-state index contributed by atoms with van der Waals surface area (Å²) < 4.78 is 38.7. The number of hydrogen-bond donors (Lipinski definition) is 3. The van der Waals surface area contributed by atoms with Crippen molar-refractivity contribution in [3.05, 3.63) is 35.4 Å². The normalized spacial score (nSPS) is 25.2. The Kier molecular flexibility index (Phi) is 7.04. The monoisotopic (exact) mass is 470 g/mol. The maximum atomic E-state index is 13.5. The average molecular weight is 470 g/mol. The van der Waals surface area contributed by atoms with Crippen molar-refractivity contribution in [2.24, 2.45) is 11.5 Å². The van der Waals surface area contributed by atoms with Crippen LogP contribution in [0.25, 0.3) is 0 Å². The standard InChI is InChI=1S/C22H29F3N4O4/c1-13(30)17(26)19(32)28-10-2-4-16(28)18(31)29-11-3-9-21(29,20(27)33)12-14-5-7-15(8-6-14)22(23,24)25/h5-8,13,16-17,30H,2-4,9-12,26H2,1H3,(H2,27,33)/t13-,16+,17+,21+/m1/s1. The number of nitrogens with zero attached hydrogens (tertiary/aromatic N) is 2. The van der Waals surface area contributed by atoms with Crippen molar-refractivity contribution in [1.29, 1.82) is 0 Å². The highest BCUT2D eigenvalue weighted by Crippen LogP contribution is 2.36. The topological polar surface area (TPSA) is 130 Å². The van der Waals surface area contributed by atoms with Crippen molar-refractivity contribution in [2.75, 3.05) is 13.1 Å². The maximum absolute atomic E-state index is 13.5. The Bertz CT molecular complexity index is 906. The molecule has 1 aromatic carbocycles. The van der Waals surface area contributed by atoms with Crippen LogP contribution in [0.2, 0.25) is 0 Å². The fraction of sp³-hybridized carbons (Fsp3) is 0.591. The van der Waals surface area contributed by atoms with E-state index in [1.165, 1.54) is 28.9 Å². The number of alkyl halides is 3. The molecule has 0 aliphatic carbocycles. The van der Waals surface area contributed by atoms with Crippen LogP contribution in [-0.2, 0) is 27.0 Å². The number of amides is 3. The molecule has 4 atom stereocenters. The first-order valence-corrected chi connectivity index (χ1v) is 10.9. The fourth-order valence-corrected chi connectivity index (χ4v) is 4.74. The zero-order valence-corrected chi connectivity index (χ0v) is 18.3. The number of likely N-dealkylation sites (tertiary alicyclic amines) is 2. The molecule has 0 spiro atoms. The highest BCUT2D eigenvalue weighted by Gasteiger charge is 2.51. The van der Waals surface area contributed by atoms with E-state index < -0.39 is 53.2 Å². The Labute approximate surface area is 189 Å². The van der Waals surface area contributed by atoms with Crippen LogP contribution < -0.4 is 11.5 Å². The zero-order chi connectivity index (χ0) is 24.6. The van der Waals surface area contributed by atoms with Gasteiger partial charge in [0.25, 0.3) is 0 Å². The van der Waals surface area contributed by atoms with E-state index in [9.17, 15) is 32.7 Å². The van der Waals surface area contributed by atoms with E-state index in [0.29, 0.717) is 31.4 Å². The third-order valence-corrected chi connectivity index (χ3v) is 6.62. The number of carbonyl (C=O) groups excluding carboxylic acids is 3. The third kappa shape index (κ3) is 4.84. The number of benzene rings is 1. The highest BCUT2D eigenvalue weighted by atomic mass is 19.4. The lowest BCUT2D eigenvalue weighted by Gasteiger charge is -2.39. The summed E-state index contributed by atoms with van der Waals surface area (Å²) in [5.41, 5.74) is 9.75. The lowest BCUT2D eigenvalue weighted by Crippen LogP contribution is -2.62. The second-order valence-corrected chi connectivity index (χ2v) is 8.82. The van der Waals surface area contributed by atoms with Crippen molar-refractivity contribution in [3.63, 3.8) is 0 Å². The van der Waals surface area contributed by atoms with Gasteiger partial charge in [0.2, 0.25) is 17.7 Å². The van der Waals surface area contributed by atoms with E-state index in [4.69, 9.17) is 11.5 Å². The minimum absolute atomic E-state index is 0.0277. The summed E-state index contributed by atoms with van der Waals surface area (Å²) in [6.07, 6.45) is -3.91. The quantitative estimate of drug-likeness (QED) is 0.566. The molecule has 2 aliphatic heterocycles. The number of primary amides is 1. The zero-order valence-electron chi connectivity index (χ0n) is 18.3. The smallest absolute Gasteiger partial charge is 0.391 e. The van der Waals surface area contributed by atoms with Crippen LogP contribution in [-0.4, -0.2) is 69.4 Å². The van der Waals surface area contributed by atoms with Gasteiger partial charge in [-0.2, -0.15) is 13.2 Å². The molecule has 0 radical (unpaired) electrons. The number of aliphatic hydroxyl groups is 1. The molecule has 0 unspecified atom stereocenters. The molecular formula is C22H29F3N4O4. The summed E-state index contributed by atoms with van der Waals surface area (Å²) in [7, 11) is 0. The molecule has 2 fully saturated rings. The number of rotatable bonds is 6. The van der Waals surface area contributed by atoms with Gasteiger partial charge in [-0.1, -0.05) is 12.1 Å². The van der Waals surface area contributed by atoms with Crippen molar-refractivity contribution in [2.45, 2.75) is 68.9 Å². The third-order valence-electron chi connectivity index (χ3n) is 6.62. The van der Waals surface area contributed by atoms with Crippen LogP contribution in [0.5, 0.6) is 0 Å². The van der Waals surface area contributed by atoms with Crippen LogP contribution in [0.15, 0.2) is 24.3 Å². The predicted octanol–water partition coefficient (Wildman–Crippen LogP) is 0.794. The number of halogens is 3. The van der Waals surface area contributed by atoms with E-state index in [-0.39, 0.29) is 19.4 Å². The van der Waals surface area contributed by atoms with Gasteiger partial charge < -0.3 is 26.4 Å². The molecular weight excluding hydrogens is 441 g/mol. The fourth-order valence-electron chi connectivity index (χ4n) is 4.74. The molecule has 0 aromatic heterocycles. The molecule has 2 heterocycles. The molecule has 11 heteroatoms. The molecule has 2 saturated heterocycles. The lowest BCUT2D eigenvalue weighted by atomic mass is 9.86. The van der Waals surface area contributed by atoms with Crippen molar-refractivity contribution in [1.82, 2.24) is 9.80 Å². The molecule has 0 saturated carbocycles. The highest BCUT2D eigenvalue weighted by molar-refractivity contribution is 5.95. The molecule has 8 nitrogen and oxygen atoms in total. The Morgan fingerprint density at radius 2 is 1.82 bits per heavy atom. The van der Waals surface area contributed by atoms with Crippen LogP contribution in [0.4, 0.5) is 13.2 Å². The van der Waals surface area contributed by atoms with Crippen LogP contribution in [0, 0.1) is 0 Å². The molecule has 3 amide bonds. The lowest BCUT2D eigenvalue weighted by molar-refractivity contribution is -0.151. The van der Waals surface area contributed by atoms with Gasteiger partial charge in [-0.25, -0.2) is 0 Å². The Balaban J connectivity index is 1.86. The summed E-state index contributed by atoms with van der Waals surface area (Å²) in [6, 6.07) is 2.40.